The number of fused-ring (bicyclic) bond motifs is 5. The predicted molar refractivity (Wildman–Crippen MR) is 303 cm³/mol. The van der Waals surface area contributed by atoms with Crippen molar-refractivity contribution in [1.29, 1.82) is 0 Å². The van der Waals surface area contributed by atoms with E-state index in [0.29, 0.717) is 19.3 Å². The molecule has 9 aliphatic rings. The van der Waals surface area contributed by atoms with Gasteiger partial charge in [0.15, 0.2) is 37.2 Å². The monoisotopic (exact) mass is 1230 g/mol. The second kappa shape index (κ2) is 26.5. The Bertz CT molecular complexity index is 2560. The van der Waals surface area contributed by atoms with Gasteiger partial charge in [-0.1, -0.05) is 48.9 Å². The molecular weight excluding hydrogens is 1140 g/mol. The molecule has 5 saturated heterocycles. The fourth-order valence-corrected chi connectivity index (χ4v) is 16.3. The summed E-state index contributed by atoms with van der Waals surface area (Å²) in [5, 5.41) is 90.7. The molecule has 8 N–H and O–H groups in total. The lowest BCUT2D eigenvalue weighted by atomic mass is 9.42. The number of methoxy groups -OCH3 is 3. The molecule has 1 aromatic carbocycles. The standard InChI is InChI=1S/C63H94O24/c1-31-54(84-48-26-40(74-8)55(32(2)78-48)85-49-27-41(75-9)56(33(3)79-49)86-50-28-42(76-10)57(34(4)80-50)87-58-53(70)52(69)51(68)43(30-64)82-58)39(66)25-47(77-31)81-38-19-20-59(6)37(24-38)18-21-62(72)44(59)29-45(83-46(67)17-16-36-14-12-11-13-15-36)60(7)61(71,35(5)65)22-23-63(60,62)73/h11-18,31-34,38-45,47-58,64,66,68-73H,19-30H2,1-10H3/b17-16+/t31-,32-,33-,34-,38+,39+,40-,41+,42+,43-,44-,45-,47+,48+,49+,50+,51-,52+,53-,54-,55-,56-,57-,58+,59+,60-,61-,62+,63-/m1/s1. The average Bonchev–Trinajstić information content (AvgIpc) is 1.64. The third-order valence-corrected chi connectivity index (χ3v) is 21.4. The van der Waals surface area contributed by atoms with Gasteiger partial charge in [0.05, 0.1) is 67.0 Å². The highest BCUT2D eigenvalue weighted by Crippen LogP contribution is 2.71. The van der Waals surface area contributed by atoms with E-state index in [9.17, 15) is 50.4 Å². The number of aliphatic hydroxyl groups is 8. The van der Waals surface area contributed by atoms with E-state index in [-0.39, 0.29) is 57.5 Å². The van der Waals surface area contributed by atoms with Crippen LogP contribution in [0.4, 0.5) is 0 Å². The van der Waals surface area contributed by atoms with Crippen LogP contribution >= 0.6 is 0 Å². The molecule has 0 bridgehead atoms. The van der Waals surface area contributed by atoms with Gasteiger partial charge in [0.2, 0.25) is 0 Å². The summed E-state index contributed by atoms with van der Waals surface area (Å²) in [6.07, 6.45) is -12.3. The van der Waals surface area contributed by atoms with E-state index < -0.39 is 187 Å². The van der Waals surface area contributed by atoms with Crippen LogP contribution in [0.25, 0.3) is 6.08 Å². The molecule has 490 valence electrons. The zero-order chi connectivity index (χ0) is 62.7. The number of carbonyl (C=O) groups is 2. The number of hydrogen-bond donors (Lipinski definition) is 8. The lowest BCUT2D eigenvalue weighted by molar-refractivity contribution is -0.358. The molecule has 87 heavy (non-hydrogen) atoms. The van der Waals surface area contributed by atoms with Crippen LogP contribution in [-0.2, 0) is 75.9 Å². The van der Waals surface area contributed by atoms with E-state index in [4.69, 9.17) is 66.3 Å². The number of ether oxygens (including phenoxy) is 14. The zero-order valence-corrected chi connectivity index (χ0v) is 51.6. The fraction of sp³-hybridized carbons (Fsp3) is 0.810. The number of ketones is 1. The van der Waals surface area contributed by atoms with Crippen LogP contribution in [0.15, 0.2) is 48.1 Å². The summed E-state index contributed by atoms with van der Waals surface area (Å²) in [5.74, 6) is -1.89. The summed E-state index contributed by atoms with van der Waals surface area (Å²) in [4.78, 5) is 27.0. The van der Waals surface area contributed by atoms with Crippen molar-refractivity contribution in [3.63, 3.8) is 0 Å². The van der Waals surface area contributed by atoms with Crippen LogP contribution in [0.3, 0.4) is 0 Å². The Morgan fingerprint density at radius 1 is 0.644 bits per heavy atom. The van der Waals surface area contributed by atoms with E-state index in [0.717, 1.165) is 11.1 Å². The van der Waals surface area contributed by atoms with Crippen molar-refractivity contribution in [2.75, 3.05) is 27.9 Å². The van der Waals surface area contributed by atoms with Crippen molar-refractivity contribution < 1.29 is 117 Å². The SMILES string of the molecule is CO[C@H]1C[C@H](O[C@@H]2[C@@H](C)O[C@@H](O[C@H]3[C@@H](O)C[C@H](O[C@H]4CC[C@@]5(C)C(=CC[C@]6(O)[C@@H]5C[C@@H](OC(=O)/C=C/c5ccccc5)[C@@]5(C)[C@]6(O)CC[C@@]5(O)C(C)=O)C4)O[C@@H]3C)C[C@H]2OC)O[C@H](C)[C@H]1O[C@H]1C[C@H](OC)[C@H](O[C@@H]2O[C@H](CO)[C@@H](O)[C@H](O)[C@H]2O)[C@@H](C)O1. The topological polar surface area (TPSA) is 325 Å². The summed E-state index contributed by atoms with van der Waals surface area (Å²) in [6, 6.07) is 9.23. The minimum atomic E-state index is -2.07. The zero-order valence-electron chi connectivity index (χ0n) is 51.6. The van der Waals surface area contributed by atoms with Crippen molar-refractivity contribution in [3.05, 3.63) is 53.6 Å². The van der Waals surface area contributed by atoms with Gasteiger partial charge in [-0.25, -0.2) is 4.79 Å². The second-order valence-corrected chi connectivity index (χ2v) is 26.2. The normalized spacial score (nSPS) is 49.3. The van der Waals surface area contributed by atoms with Gasteiger partial charge in [-0.2, -0.15) is 0 Å². The summed E-state index contributed by atoms with van der Waals surface area (Å²) in [7, 11) is 4.66. The first-order valence-electron chi connectivity index (χ1n) is 31.0. The minimum Gasteiger partial charge on any atom is -0.458 e. The maximum Gasteiger partial charge on any atom is 0.331 e. The Hall–Kier alpha value is -3.00. The quantitative estimate of drug-likeness (QED) is 0.0594. The fourth-order valence-electron chi connectivity index (χ4n) is 16.3. The Morgan fingerprint density at radius 3 is 1.70 bits per heavy atom. The van der Waals surface area contributed by atoms with Crippen molar-refractivity contribution in [1.82, 2.24) is 0 Å². The smallest absolute Gasteiger partial charge is 0.331 e. The van der Waals surface area contributed by atoms with E-state index in [2.05, 4.69) is 6.92 Å². The second-order valence-electron chi connectivity index (χ2n) is 26.2. The maximum atomic E-state index is 13.6. The van der Waals surface area contributed by atoms with Gasteiger partial charge in [-0.15, -0.1) is 0 Å². The summed E-state index contributed by atoms with van der Waals surface area (Å²) in [6.45, 7) is 11.6. The number of Topliss-reactive ketones (excluding diaryl/α,β-unsaturated/α-hetero) is 1. The maximum absolute atomic E-state index is 13.6. The van der Waals surface area contributed by atoms with Gasteiger partial charge in [0.1, 0.15) is 71.7 Å². The number of carbonyl (C=O) groups excluding carboxylic acids is 2. The van der Waals surface area contributed by atoms with Gasteiger partial charge >= 0.3 is 5.97 Å². The molecule has 0 aromatic heterocycles. The Kier molecular flexibility index (Phi) is 20.4. The molecule has 0 unspecified atom stereocenters. The summed E-state index contributed by atoms with van der Waals surface area (Å²) in [5.41, 5.74) is -6.48. The van der Waals surface area contributed by atoms with Gasteiger partial charge in [-0.3, -0.25) is 4.79 Å². The molecule has 5 heterocycles. The first-order valence-corrected chi connectivity index (χ1v) is 31.0. The molecule has 0 amide bonds. The first kappa shape index (κ1) is 66.9. The molecule has 0 spiro atoms. The number of hydrogen-bond acceptors (Lipinski definition) is 24. The van der Waals surface area contributed by atoms with E-state index in [1.54, 1.807) is 34.1 Å². The highest BCUT2D eigenvalue weighted by Gasteiger charge is 2.81. The lowest BCUT2D eigenvalue weighted by Gasteiger charge is -2.67. The van der Waals surface area contributed by atoms with Crippen LogP contribution in [0, 0.1) is 16.7 Å². The molecule has 10 rings (SSSR count). The largest absolute Gasteiger partial charge is 0.458 e. The van der Waals surface area contributed by atoms with Gasteiger partial charge < -0.3 is 107 Å². The van der Waals surface area contributed by atoms with Crippen LogP contribution in [0.1, 0.15) is 125 Å². The van der Waals surface area contributed by atoms with E-state index in [1.807, 2.05) is 57.2 Å². The molecule has 24 nitrogen and oxygen atoms in total. The first-order chi connectivity index (χ1) is 41.2. The lowest BCUT2D eigenvalue weighted by Crippen LogP contribution is -2.78. The van der Waals surface area contributed by atoms with Gasteiger partial charge in [0.25, 0.3) is 0 Å². The average molecular weight is 1240 g/mol. The van der Waals surface area contributed by atoms with E-state index >= 15 is 0 Å². The summed E-state index contributed by atoms with van der Waals surface area (Å²) < 4.78 is 87.4. The molecule has 5 aliphatic heterocycles. The minimum absolute atomic E-state index is 0.0468. The summed E-state index contributed by atoms with van der Waals surface area (Å²) >= 11 is 0. The molecule has 4 aliphatic carbocycles. The van der Waals surface area contributed by atoms with Crippen molar-refractivity contribution in [2.45, 2.75) is 277 Å². The van der Waals surface area contributed by atoms with Crippen LogP contribution in [0.2, 0.25) is 0 Å². The van der Waals surface area contributed by atoms with Crippen LogP contribution < -0.4 is 0 Å². The Balaban J connectivity index is 0.714. The van der Waals surface area contributed by atoms with Gasteiger partial charge in [0, 0.05) is 59.0 Å². The molecule has 29 atom stereocenters. The van der Waals surface area contributed by atoms with Crippen molar-refractivity contribution in [3.8, 4) is 0 Å². The number of aliphatic hydroxyl groups excluding tert-OH is 5. The third kappa shape index (κ3) is 12.3. The van der Waals surface area contributed by atoms with E-state index in [1.165, 1.54) is 20.1 Å². The van der Waals surface area contributed by atoms with Crippen LogP contribution in [-0.4, -0.2) is 239 Å². The Labute approximate surface area is 508 Å². The molecular formula is C63H94O24. The highest BCUT2D eigenvalue weighted by atomic mass is 16.8. The van der Waals surface area contributed by atoms with Gasteiger partial charge in [-0.05, 0) is 104 Å². The molecule has 1 aromatic rings. The number of esters is 1. The predicted octanol–water partition coefficient (Wildman–Crippen LogP) is 2.41. The molecule has 3 saturated carbocycles. The number of rotatable bonds is 18. The Morgan fingerprint density at radius 2 is 1.17 bits per heavy atom. The highest BCUT2D eigenvalue weighted by molar-refractivity contribution is 5.88. The van der Waals surface area contributed by atoms with Crippen molar-refractivity contribution in [2.24, 2.45) is 16.7 Å². The molecule has 8 fully saturated rings. The number of benzene rings is 1. The third-order valence-electron chi connectivity index (χ3n) is 21.4. The molecule has 0 radical (unpaired) electrons. The van der Waals surface area contributed by atoms with Crippen LogP contribution in [0.5, 0.6) is 0 Å². The van der Waals surface area contributed by atoms with Crippen molar-refractivity contribution >= 4 is 17.8 Å². The molecule has 24 heteroatoms.